The lowest BCUT2D eigenvalue weighted by Gasteiger charge is -2.09. The number of rotatable bonds is 7. The Morgan fingerprint density at radius 1 is 1.08 bits per heavy atom. The lowest BCUT2D eigenvalue weighted by molar-refractivity contribution is 0.0838. The fourth-order valence-electron chi connectivity index (χ4n) is 2.70. The molecule has 1 aromatic heterocycles. The Kier molecular flexibility index (Phi) is 5.88. The molecule has 0 radical (unpaired) electrons. The summed E-state index contributed by atoms with van der Waals surface area (Å²) in [5, 5.41) is 12.4. The van der Waals surface area contributed by atoms with Crippen molar-refractivity contribution in [3.05, 3.63) is 59.9 Å². The summed E-state index contributed by atoms with van der Waals surface area (Å²) in [6.45, 7) is 2.90. The maximum Gasteiger partial charge on any atom is 0.251 e. The van der Waals surface area contributed by atoms with Crippen molar-refractivity contribution < 1.29 is 14.6 Å². The van der Waals surface area contributed by atoms with Gasteiger partial charge in [0.05, 0.1) is 31.0 Å². The maximum absolute atomic E-state index is 12.1. The minimum atomic E-state index is -0.159. The number of aliphatic hydroxyl groups is 1. The van der Waals surface area contributed by atoms with Gasteiger partial charge in [0.1, 0.15) is 5.82 Å². The monoisotopic (exact) mass is 351 g/mol. The van der Waals surface area contributed by atoms with Gasteiger partial charge in [-0.2, -0.15) is 0 Å². The Bertz CT molecular complexity index is 894. The zero-order chi connectivity index (χ0) is 18.4. The average Bonchev–Trinajstić information content (AvgIpc) is 2.67. The Morgan fingerprint density at radius 2 is 1.85 bits per heavy atom. The highest BCUT2D eigenvalue weighted by Crippen LogP contribution is 2.26. The number of nitrogens with one attached hydrogen (secondary N) is 1. The Labute approximate surface area is 151 Å². The molecule has 134 valence electrons. The Morgan fingerprint density at radius 3 is 2.62 bits per heavy atom. The maximum atomic E-state index is 12.1. The molecular formula is C20H21N3O3. The number of ether oxygens (including phenoxy) is 1. The van der Waals surface area contributed by atoms with Crippen molar-refractivity contribution in [2.75, 3.05) is 26.4 Å². The minimum absolute atomic E-state index is 0.0212. The third-order valence-electron chi connectivity index (χ3n) is 3.90. The molecule has 1 amide bonds. The molecule has 0 aliphatic rings. The number of carbonyl (C=O) groups excluding carboxylic acids is 1. The summed E-state index contributed by atoms with van der Waals surface area (Å²) < 4.78 is 5.12. The van der Waals surface area contributed by atoms with Crippen LogP contribution >= 0.6 is 0 Å². The predicted octanol–water partition coefficient (Wildman–Crippen LogP) is 2.34. The van der Waals surface area contributed by atoms with E-state index in [4.69, 9.17) is 9.84 Å². The van der Waals surface area contributed by atoms with E-state index in [0.717, 1.165) is 22.2 Å². The minimum Gasteiger partial charge on any atom is -0.394 e. The van der Waals surface area contributed by atoms with Gasteiger partial charge in [0, 0.05) is 23.1 Å². The molecule has 6 nitrogen and oxygen atoms in total. The first-order valence-electron chi connectivity index (χ1n) is 8.49. The first kappa shape index (κ1) is 18.0. The lowest BCUT2D eigenvalue weighted by Crippen LogP contribution is -2.27. The summed E-state index contributed by atoms with van der Waals surface area (Å²) in [5.41, 5.74) is 3.28. The molecule has 3 rings (SSSR count). The molecule has 2 aromatic carbocycles. The second kappa shape index (κ2) is 8.51. The Balaban J connectivity index is 1.75. The molecule has 1 heterocycles. The van der Waals surface area contributed by atoms with Crippen LogP contribution in [0.2, 0.25) is 0 Å². The van der Waals surface area contributed by atoms with Crippen LogP contribution in [0, 0.1) is 6.92 Å². The summed E-state index contributed by atoms with van der Waals surface area (Å²) in [6.07, 6.45) is 0. The summed E-state index contributed by atoms with van der Waals surface area (Å²) in [6, 6.07) is 15.2. The molecule has 0 fully saturated rings. The van der Waals surface area contributed by atoms with Gasteiger partial charge < -0.3 is 15.2 Å². The SMILES string of the molecule is Cc1nc(-c2ccc(C(=O)NCCOCCO)cc2)c2ccccc2n1. The van der Waals surface area contributed by atoms with Crippen LogP contribution in [-0.4, -0.2) is 47.3 Å². The van der Waals surface area contributed by atoms with Gasteiger partial charge in [0.2, 0.25) is 0 Å². The molecule has 0 saturated heterocycles. The van der Waals surface area contributed by atoms with Crippen LogP contribution in [0.5, 0.6) is 0 Å². The van der Waals surface area contributed by atoms with Gasteiger partial charge >= 0.3 is 0 Å². The first-order chi connectivity index (χ1) is 12.7. The van der Waals surface area contributed by atoms with Gasteiger partial charge in [-0.05, 0) is 25.1 Å². The number of para-hydroxylation sites is 1. The highest BCUT2D eigenvalue weighted by atomic mass is 16.5. The predicted molar refractivity (Wildman–Crippen MR) is 99.9 cm³/mol. The molecule has 6 heteroatoms. The van der Waals surface area contributed by atoms with E-state index in [9.17, 15) is 4.79 Å². The van der Waals surface area contributed by atoms with E-state index in [-0.39, 0.29) is 19.1 Å². The average molecular weight is 351 g/mol. The molecule has 0 bridgehead atoms. The van der Waals surface area contributed by atoms with Crippen LogP contribution in [0.25, 0.3) is 22.2 Å². The quantitative estimate of drug-likeness (QED) is 0.638. The second-order valence-electron chi connectivity index (χ2n) is 5.81. The number of hydrogen-bond donors (Lipinski definition) is 2. The van der Waals surface area contributed by atoms with Crippen LogP contribution in [0.15, 0.2) is 48.5 Å². The van der Waals surface area contributed by atoms with E-state index in [0.29, 0.717) is 24.5 Å². The summed E-state index contributed by atoms with van der Waals surface area (Å²) >= 11 is 0. The van der Waals surface area contributed by atoms with Gasteiger partial charge in [-0.1, -0.05) is 30.3 Å². The van der Waals surface area contributed by atoms with Crippen molar-refractivity contribution >= 4 is 16.8 Å². The van der Waals surface area contributed by atoms with Crippen molar-refractivity contribution in [1.29, 1.82) is 0 Å². The van der Waals surface area contributed by atoms with E-state index < -0.39 is 0 Å². The van der Waals surface area contributed by atoms with Gasteiger partial charge in [0.15, 0.2) is 0 Å². The van der Waals surface area contributed by atoms with Crippen molar-refractivity contribution in [2.24, 2.45) is 0 Å². The molecule has 2 N–H and O–H groups in total. The van der Waals surface area contributed by atoms with Crippen molar-refractivity contribution in [1.82, 2.24) is 15.3 Å². The third kappa shape index (κ3) is 4.22. The van der Waals surface area contributed by atoms with Crippen LogP contribution < -0.4 is 5.32 Å². The Hall–Kier alpha value is -2.83. The van der Waals surface area contributed by atoms with E-state index in [1.807, 2.05) is 43.3 Å². The smallest absolute Gasteiger partial charge is 0.251 e. The number of benzene rings is 2. The highest BCUT2D eigenvalue weighted by Gasteiger charge is 2.10. The fourth-order valence-corrected chi connectivity index (χ4v) is 2.70. The van der Waals surface area contributed by atoms with Crippen molar-refractivity contribution in [3.8, 4) is 11.3 Å². The van der Waals surface area contributed by atoms with Gasteiger partial charge in [-0.25, -0.2) is 9.97 Å². The molecule has 26 heavy (non-hydrogen) atoms. The van der Waals surface area contributed by atoms with Crippen LogP contribution in [-0.2, 0) is 4.74 Å². The van der Waals surface area contributed by atoms with E-state index in [2.05, 4.69) is 15.3 Å². The van der Waals surface area contributed by atoms with Crippen LogP contribution in [0.1, 0.15) is 16.2 Å². The molecule has 0 atom stereocenters. The largest absolute Gasteiger partial charge is 0.394 e. The second-order valence-corrected chi connectivity index (χ2v) is 5.81. The molecule has 0 spiro atoms. The lowest BCUT2D eigenvalue weighted by atomic mass is 10.0. The zero-order valence-corrected chi connectivity index (χ0v) is 14.6. The number of aryl methyl sites for hydroxylation is 1. The summed E-state index contributed by atoms with van der Waals surface area (Å²) in [4.78, 5) is 21.2. The van der Waals surface area contributed by atoms with Crippen molar-refractivity contribution in [3.63, 3.8) is 0 Å². The number of aromatic nitrogens is 2. The molecule has 0 aliphatic heterocycles. The van der Waals surface area contributed by atoms with E-state index in [1.165, 1.54) is 0 Å². The molecule has 3 aromatic rings. The molecule has 0 unspecified atom stereocenters. The third-order valence-corrected chi connectivity index (χ3v) is 3.90. The summed E-state index contributed by atoms with van der Waals surface area (Å²) in [7, 11) is 0. The highest BCUT2D eigenvalue weighted by molar-refractivity contribution is 5.96. The van der Waals surface area contributed by atoms with Crippen LogP contribution in [0.4, 0.5) is 0 Å². The first-order valence-corrected chi connectivity index (χ1v) is 8.49. The van der Waals surface area contributed by atoms with Crippen molar-refractivity contribution in [2.45, 2.75) is 6.92 Å². The molecule has 0 aliphatic carbocycles. The van der Waals surface area contributed by atoms with E-state index >= 15 is 0 Å². The number of amides is 1. The normalized spacial score (nSPS) is 10.8. The summed E-state index contributed by atoms with van der Waals surface area (Å²) in [5.74, 6) is 0.552. The molecular weight excluding hydrogens is 330 g/mol. The number of carbonyl (C=O) groups is 1. The topological polar surface area (TPSA) is 84.3 Å². The fraction of sp³-hybridized carbons (Fsp3) is 0.250. The van der Waals surface area contributed by atoms with Gasteiger partial charge in [-0.3, -0.25) is 4.79 Å². The van der Waals surface area contributed by atoms with Gasteiger partial charge in [-0.15, -0.1) is 0 Å². The number of nitrogens with zero attached hydrogens (tertiary/aromatic N) is 2. The number of aliphatic hydroxyl groups excluding tert-OH is 1. The standard InChI is InChI=1S/C20H21N3O3/c1-14-22-18-5-3-2-4-17(18)19(23-14)15-6-8-16(9-7-15)20(25)21-10-12-26-13-11-24/h2-9,24H,10-13H2,1H3,(H,21,25). The number of hydrogen-bond acceptors (Lipinski definition) is 5. The number of fused-ring (bicyclic) bond motifs is 1. The van der Waals surface area contributed by atoms with Crippen LogP contribution in [0.3, 0.4) is 0 Å². The molecule has 0 saturated carbocycles. The zero-order valence-electron chi connectivity index (χ0n) is 14.6. The van der Waals surface area contributed by atoms with Gasteiger partial charge in [0.25, 0.3) is 5.91 Å². The van der Waals surface area contributed by atoms with E-state index in [1.54, 1.807) is 12.1 Å².